The van der Waals surface area contributed by atoms with Gasteiger partial charge in [-0.25, -0.2) is 0 Å². The summed E-state index contributed by atoms with van der Waals surface area (Å²) in [6.07, 6.45) is 0.692. The first-order valence-corrected chi connectivity index (χ1v) is 8.12. The zero-order chi connectivity index (χ0) is 14.5. The fourth-order valence-corrected chi connectivity index (χ4v) is 2.59. The van der Waals surface area contributed by atoms with Gasteiger partial charge in [-0.1, -0.05) is 47.1 Å². The van der Waals surface area contributed by atoms with Gasteiger partial charge in [-0.2, -0.15) is 0 Å². The van der Waals surface area contributed by atoms with E-state index in [1.165, 1.54) is 0 Å². The van der Waals surface area contributed by atoms with Gasteiger partial charge in [0.25, 0.3) is 0 Å². The molecule has 0 aromatic heterocycles. The first kappa shape index (κ1) is 15.5. The molecule has 0 fully saturated rings. The van der Waals surface area contributed by atoms with Crippen LogP contribution in [0.25, 0.3) is 0 Å². The number of ether oxygens (including phenoxy) is 1. The molecule has 2 aromatic rings. The lowest BCUT2D eigenvalue weighted by Crippen LogP contribution is -2.31. The molecular weight excluding hydrogens is 382 g/mol. The molecule has 0 radical (unpaired) electrons. The molecule has 106 valence electrons. The summed E-state index contributed by atoms with van der Waals surface area (Å²) in [5.41, 5.74) is 7.31. The number of rotatable bonds is 5. The van der Waals surface area contributed by atoms with Crippen LogP contribution in [0.4, 0.5) is 0 Å². The van der Waals surface area contributed by atoms with Crippen molar-refractivity contribution in [2.75, 3.05) is 0 Å². The molecule has 0 aliphatic rings. The van der Waals surface area contributed by atoms with Crippen LogP contribution in [0, 0.1) is 0 Å². The van der Waals surface area contributed by atoms with Crippen LogP contribution in [0.1, 0.15) is 25.0 Å². The van der Waals surface area contributed by atoms with Gasteiger partial charge in [0.05, 0.1) is 4.47 Å². The number of halogens is 2. The van der Waals surface area contributed by atoms with Gasteiger partial charge in [0.1, 0.15) is 11.9 Å². The molecule has 2 atom stereocenters. The topological polar surface area (TPSA) is 35.2 Å². The summed E-state index contributed by atoms with van der Waals surface area (Å²) in [4.78, 5) is 0. The van der Waals surface area contributed by atoms with E-state index in [1.807, 2.05) is 48.5 Å². The average Bonchev–Trinajstić information content (AvgIpc) is 2.47. The van der Waals surface area contributed by atoms with Gasteiger partial charge in [-0.05, 0) is 52.2 Å². The Kier molecular flexibility index (Phi) is 5.64. The number of benzene rings is 2. The summed E-state index contributed by atoms with van der Waals surface area (Å²) in [5.74, 6) is 0.810. The molecular formula is C16H17Br2NO. The summed E-state index contributed by atoms with van der Waals surface area (Å²) in [5, 5.41) is 0. The minimum Gasteiger partial charge on any atom is -0.483 e. The molecule has 4 heteroatoms. The first-order valence-electron chi connectivity index (χ1n) is 6.54. The van der Waals surface area contributed by atoms with Gasteiger partial charge in [-0.15, -0.1) is 0 Å². The van der Waals surface area contributed by atoms with E-state index in [1.54, 1.807) is 0 Å². The minimum absolute atomic E-state index is 0.0525. The molecule has 0 heterocycles. The van der Waals surface area contributed by atoms with Crippen molar-refractivity contribution < 1.29 is 4.74 Å². The molecule has 0 aliphatic carbocycles. The molecule has 2 nitrogen and oxygen atoms in total. The van der Waals surface area contributed by atoms with Gasteiger partial charge in [0.15, 0.2) is 0 Å². The molecule has 0 saturated heterocycles. The zero-order valence-corrected chi connectivity index (χ0v) is 14.4. The minimum atomic E-state index is -0.160. The lowest BCUT2D eigenvalue weighted by molar-refractivity contribution is 0.170. The van der Waals surface area contributed by atoms with Crippen LogP contribution >= 0.6 is 31.9 Å². The van der Waals surface area contributed by atoms with Crippen molar-refractivity contribution in [1.82, 2.24) is 0 Å². The van der Waals surface area contributed by atoms with Crippen molar-refractivity contribution in [1.29, 1.82) is 0 Å². The zero-order valence-electron chi connectivity index (χ0n) is 11.2. The third-order valence-electron chi connectivity index (χ3n) is 3.15. The molecule has 0 saturated carbocycles. The van der Waals surface area contributed by atoms with E-state index in [-0.39, 0.29) is 12.1 Å². The number of hydrogen-bond donors (Lipinski definition) is 1. The Morgan fingerprint density at radius 2 is 1.70 bits per heavy atom. The lowest BCUT2D eigenvalue weighted by Gasteiger charge is -2.25. The summed E-state index contributed by atoms with van der Waals surface area (Å²) in [6.45, 7) is 2.07. The number of para-hydroxylation sites is 1. The van der Waals surface area contributed by atoms with Gasteiger partial charge >= 0.3 is 0 Å². The highest BCUT2D eigenvalue weighted by Crippen LogP contribution is 2.31. The van der Waals surface area contributed by atoms with Crippen molar-refractivity contribution >= 4 is 31.9 Å². The summed E-state index contributed by atoms with van der Waals surface area (Å²) >= 11 is 6.95. The highest BCUT2D eigenvalue weighted by atomic mass is 79.9. The van der Waals surface area contributed by atoms with Crippen molar-refractivity contribution in [2.45, 2.75) is 25.5 Å². The van der Waals surface area contributed by atoms with E-state index < -0.39 is 0 Å². The normalized spacial score (nSPS) is 13.8. The third kappa shape index (κ3) is 3.84. The highest BCUT2D eigenvalue weighted by Gasteiger charge is 2.21. The Hall–Kier alpha value is -0.840. The van der Waals surface area contributed by atoms with E-state index in [4.69, 9.17) is 10.5 Å². The Morgan fingerprint density at radius 3 is 2.30 bits per heavy atom. The summed E-state index contributed by atoms with van der Waals surface area (Å²) in [7, 11) is 0. The number of hydrogen-bond acceptors (Lipinski definition) is 2. The molecule has 2 rings (SSSR count). The van der Waals surface area contributed by atoms with Gasteiger partial charge < -0.3 is 10.5 Å². The maximum Gasteiger partial charge on any atom is 0.139 e. The summed E-state index contributed by atoms with van der Waals surface area (Å²) < 4.78 is 8.12. The first-order chi connectivity index (χ1) is 9.61. The van der Waals surface area contributed by atoms with Crippen molar-refractivity contribution in [3.8, 4) is 5.75 Å². The van der Waals surface area contributed by atoms with E-state index in [2.05, 4.69) is 38.8 Å². The Balaban J connectivity index is 2.29. The van der Waals surface area contributed by atoms with Gasteiger partial charge in [-0.3, -0.25) is 0 Å². The smallest absolute Gasteiger partial charge is 0.139 e. The lowest BCUT2D eigenvalue weighted by atomic mass is 10.0. The fraction of sp³-hybridized carbons (Fsp3) is 0.250. The second-order valence-corrected chi connectivity index (χ2v) is 6.36. The SMILES string of the molecule is CCC(N)C(Oc1ccccc1Br)c1ccc(Br)cc1. The van der Waals surface area contributed by atoms with Gasteiger partial charge in [0.2, 0.25) is 0 Å². The molecule has 2 N–H and O–H groups in total. The second kappa shape index (κ2) is 7.25. The maximum atomic E-state index is 6.23. The predicted molar refractivity (Wildman–Crippen MR) is 89.9 cm³/mol. The fourth-order valence-electron chi connectivity index (χ4n) is 1.95. The van der Waals surface area contributed by atoms with E-state index >= 15 is 0 Å². The van der Waals surface area contributed by atoms with Crippen LogP contribution < -0.4 is 10.5 Å². The standard InChI is InChI=1S/C16H17Br2NO/c1-2-14(19)16(11-7-9-12(17)10-8-11)20-15-6-4-3-5-13(15)18/h3-10,14,16H,2,19H2,1H3. The van der Waals surface area contributed by atoms with Crippen molar-refractivity contribution in [3.05, 3.63) is 63.0 Å². The molecule has 0 bridgehead atoms. The van der Waals surface area contributed by atoms with E-state index in [9.17, 15) is 0 Å². The Morgan fingerprint density at radius 1 is 1.05 bits per heavy atom. The summed E-state index contributed by atoms with van der Waals surface area (Å²) in [6, 6.07) is 15.9. The van der Waals surface area contributed by atoms with Crippen LogP contribution in [-0.2, 0) is 0 Å². The average molecular weight is 399 g/mol. The predicted octanol–water partition coefficient (Wildman–Crippen LogP) is 5.07. The Labute approximate surface area is 136 Å². The molecule has 2 unspecified atom stereocenters. The van der Waals surface area contributed by atoms with Gasteiger partial charge in [0, 0.05) is 10.5 Å². The van der Waals surface area contributed by atoms with Crippen molar-refractivity contribution in [3.63, 3.8) is 0 Å². The molecule has 0 spiro atoms. The van der Waals surface area contributed by atoms with Crippen LogP contribution in [0.15, 0.2) is 57.5 Å². The van der Waals surface area contributed by atoms with E-state index in [0.717, 1.165) is 26.7 Å². The van der Waals surface area contributed by atoms with Crippen LogP contribution in [0.3, 0.4) is 0 Å². The Bertz CT molecular complexity index is 557. The molecule has 2 aromatic carbocycles. The maximum absolute atomic E-state index is 6.23. The highest BCUT2D eigenvalue weighted by molar-refractivity contribution is 9.10. The second-order valence-electron chi connectivity index (χ2n) is 4.59. The largest absolute Gasteiger partial charge is 0.483 e. The molecule has 0 amide bonds. The quantitative estimate of drug-likeness (QED) is 0.762. The molecule has 0 aliphatic heterocycles. The van der Waals surface area contributed by atoms with Crippen LogP contribution in [0.2, 0.25) is 0 Å². The van der Waals surface area contributed by atoms with Crippen LogP contribution in [-0.4, -0.2) is 6.04 Å². The van der Waals surface area contributed by atoms with Crippen molar-refractivity contribution in [2.24, 2.45) is 5.73 Å². The van der Waals surface area contributed by atoms with Crippen LogP contribution in [0.5, 0.6) is 5.75 Å². The monoisotopic (exact) mass is 397 g/mol. The third-order valence-corrected chi connectivity index (χ3v) is 4.33. The van der Waals surface area contributed by atoms with E-state index in [0.29, 0.717) is 0 Å². The number of nitrogens with two attached hydrogens (primary N) is 1. The molecule has 20 heavy (non-hydrogen) atoms.